The van der Waals surface area contributed by atoms with Crippen molar-refractivity contribution in [3.05, 3.63) is 41.0 Å². The van der Waals surface area contributed by atoms with Crippen LogP contribution in [0.5, 0.6) is 0 Å². The third kappa shape index (κ3) is 6.21. The van der Waals surface area contributed by atoms with E-state index in [2.05, 4.69) is 10.3 Å². The Kier molecular flexibility index (Phi) is 6.38. The SMILES string of the molecule is CN(CC(=O)NC(C)(C)C)C(=O)COC(=O)c1ccc2nc(Cl)ccc2c1. The summed E-state index contributed by atoms with van der Waals surface area (Å²) in [6, 6.07) is 8.20. The lowest BCUT2D eigenvalue weighted by Gasteiger charge is -2.23. The van der Waals surface area contributed by atoms with Gasteiger partial charge in [-0.1, -0.05) is 11.6 Å². The topological polar surface area (TPSA) is 88.6 Å². The van der Waals surface area contributed by atoms with Gasteiger partial charge in [0.05, 0.1) is 17.6 Å². The van der Waals surface area contributed by atoms with E-state index in [0.29, 0.717) is 16.2 Å². The lowest BCUT2D eigenvalue weighted by Crippen LogP contribution is -2.46. The Bertz CT molecular complexity index is 877. The fourth-order valence-corrected chi connectivity index (χ4v) is 2.46. The molecule has 0 aliphatic carbocycles. The van der Waals surface area contributed by atoms with E-state index < -0.39 is 18.5 Å². The molecule has 0 saturated carbocycles. The molecule has 1 N–H and O–H groups in total. The summed E-state index contributed by atoms with van der Waals surface area (Å²) >= 11 is 5.83. The molecular weight excluding hydrogens is 370 g/mol. The Hall–Kier alpha value is -2.67. The van der Waals surface area contributed by atoms with Crippen LogP contribution in [-0.4, -0.2) is 53.4 Å². The molecule has 0 fully saturated rings. The van der Waals surface area contributed by atoms with Crippen molar-refractivity contribution >= 4 is 40.3 Å². The number of hydrogen-bond donors (Lipinski definition) is 1. The summed E-state index contributed by atoms with van der Waals surface area (Å²) in [6.07, 6.45) is 0. The molecule has 0 aliphatic heterocycles. The molecule has 0 spiro atoms. The third-order valence-corrected chi connectivity index (χ3v) is 3.75. The second-order valence-electron chi connectivity index (χ2n) is 7.17. The van der Waals surface area contributed by atoms with Gasteiger partial charge in [-0.3, -0.25) is 9.59 Å². The van der Waals surface area contributed by atoms with Crippen LogP contribution in [0.15, 0.2) is 30.3 Å². The highest BCUT2D eigenvalue weighted by atomic mass is 35.5. The van der Waals surface area contributed by atoms with Gasteiger partial charge in [0.15, 0.2) is 6.61 Å². The highest BCUT2D eigenvalue weighted by Gasteiger charge is 2.19. The van der Waals surface area contributed by atoms with Gasteiger partial charge >= 0.3 is 5.97 Å². The predicted octanol–water partition coefficient (Wildman–Crippen LogP) is 2.42. The molecule has 0 atom stereocenters. The number of nitrogens with zero attached hydrogens (tertiary/aromatic N) is 2. The maximum Gasteiger partial charge on any atom is 0.338 e. The molecule has 0 radical (unpaired) electrons. The summed E-state index contributed by atoms with van der Waals surface area (Å²) in [6.45, 7) is 4.98. The highest BCUT2D eigenvalue weighted by Crippen LogP contribution is 2.17. The summed E-state index contributed by atoms with van der Waals surface area (Å²) in [5.41, 5.74) is 0.565. The lowest BCUT2D eigenvalue weighted by atomic mass is 10.1. The predicted molar refractivity (Wildman–Crippen MR) is 103 cm³/mol. The van der Waals surface area contributed by atoms with E-state index in [1.54, 1.807) is 30.3 Å². The number of carbonyl (C=O) groups is 3. The number of likely N-dealkylation sites (N-methyl/N-ethyl adjacent to an activating group) is 1. The quantitative estimate of drug-likeness (QED) is 0.624. The lowest BCUT2D eigenvalue weighted by molar-refractivity contribution is -0.137. The van der Waals surface area contributed by atoms with Gasteiger partial charge in [-0.2, -0.15) is 0 Å². The maximum atomic E-state index is 12.2. The van der Waals surface area contributed by atoms with Crippen LogP contribution in [0.4, 0.5) is 0 Å². The molecule has 0 bridgehead atoms. The van der Waals surface area contributed by atoms with Crippen LogP contribution in [0.3, 0.4) is 0 Å². The first-order valence-electron chi connectivity index (χ1n) is 8.33. The van der Waals surface area contributed by atoms with Crippen LogP contribution < -0.4 is 5.32 Å². The number of fused-ring (bicyclic) bond motifs is 1. The van der Waals surface area contributed by atoms with E-state index in [1.165, 1.54) is 11.9 Å². The van der Waals surface area contributed by atoms with Crippen LogP contribution in [0.25, 0.3) is 10.9 Å². The Morgan fingerprint density at radius 1 is 1.19 bits per heavy atom. The second kappa shape index (κ2) is 8.35. The number of esters is 1. The molecule has 1 aromatic heterocycles. The normalized spacial score (nSPS) is 11.1. The number of aromatic nitrogens is 1. The Morgan fingerprint density at radius 2 is 1.89 bits per heavy atom. The number of nitrogens with one attached hydrogen (secondary N) is 1. The first kappa shape index (κ1) is 20.6. The standard InChI is InChI=1S/C19H22ClN3O4/c1-19(2,3)22-16(24)10-23(4)17(25)11-27-18(26)13-5-7-14-12(9-13)6-8-15(20)21-14/h5-9H,10-11H2,1-4H3,(H,22,24). The van der Waals surface area contributed by atoms with Crippen LogP contribution in [-0.2, 0) is 14.3 Å². The first-order chi connectivity index (χ1) is 12.5. The first-order valence-corrected chi connectivity index (χ1v) is 8.71. The molecule has 0 unspecified atom stereocenters. The summed E-state index contributed by atoms with van der Waals surface area (Å²) in [7, 11) is 1.48. The van der Waals surface area contributed by atoms with Crippen molar-refractivity contribution in [3.8, 4) is 0 Å². The highest BCUT2D eigenvalue weighted by molar-refractivity contribution is 6.29. The fraction of sp³-hybridized carbons (Fsp3) is 0.368. The molecule has 2 rings (SSSR count). The molecule has 2 amide bonds. The van der Waals surface area contributed by atoms with Crippen molar-refractivity contribution in [1.29, 1.82) is 0 Å². The van der Waals surface area contributed by atoms with E-state index in [4.69, 9.17) is 16.3 Å². The molecule has 0 saturated heterocycles. The Balaban J connectivity index is 1.91. The summed E-state index contributed by atoms with van der Waals surface area (Å²) < 4.78 is 5.06. The molecular formula is C19H22ClN3O4. The van der Waals surface area contributed by atoms with Crippen LogP contribution in [0.1, 0.15) is 31.1 Å². The van der Waals surface area contributed by atoms with E-state index in [1.807, 2.05) is 20.8 Å². The molecule has 1 heterocycles. The maximum absolute atomic E-state index is 12.2. The molecule has 0 aliphatic rings. The van der Waals surface area contributed by atoms with Gasteiger partial charge < -0.3 is 15.0 Å². The van der Waals surface area contributed by atoms with Gasteiger partial charge in [0.25, 0.3) is 5.91 Å². The Labute approximate surface area is 162 Å². The zero-order valence-corrected chi connectivity index (χ0v) is 16.5. The van der Waals surface area contributed by atoms with Gasteiger partial charge in [0, 0.05) is 18.0 Å². The van der Waals surface area contributed by atoms with Gasteiger partial charge in [0.1, 0.15) is 5.15 Å². The number of carbonyl (C=O) groups excluding carboxylic acids is 3. The zero-order chi connectivity index (χ0) is 20.2. The number of rotatable bonds is 5. The largest absolute Gasteiger partial charge is 0.452 e. The van der Waals surface area contributed by atoms with Crippen molar-refractivity contribution in [2.45, 2.75) is 26.3 Å². The van der Waals surface area contributed by atoms with Crippen molar-refractivity contribution < 1.29 is 19.1 Å². The number of hydrogen-bond acceptors (Lipinski definition) is 5. The minimum absolute atomic E-state index is 0.115. The summed E-state index contributed by atoms with van der Waals surface area (Å²) in [5.74, 6) is -1.39. The summed E-state index contributed by atoms with van der Waals surface area (Å²) in [4.78, 5) is 41.5. The van der Waals surface area contributed by atoms with E-state index >= 15 is 0 Å². The average molecular weight is 392 g/mol. The van der Waals surface area contributed by atoms with Crippen molar-refractivity contribution in [2.24, 2.45) is 0 Å². The van der Waals surface area contributed by atoms with Gasteiger partial charge in [-0.25, -0.2) is 9.78 Å². The number of halogens is 1. The number of pyridine rings is 1. The molecule has 2 aromatic rings. The molecule has 27 heavy (non-hydrogen) atoms. The second-order valence-corrected chi connectivity index (χ2v) is 7.55. The number of ether oxygens (including phenoxy) is 1. The van der Waals surface area contributed by atoms with Crippen molar-refractivity contribution in [1.82, 2.24) is 15.2 Å². The molecule has 144 valence electrons. The fourth-order valence-electron chi connectivity index (χ4n) is 2.31. The van der Waals surface area contributed by atoms with Gasteiger partial charge in [-0.05, 0) is 51.1 Å². The van der Waals surface area contributed by atoms with Crippen molar-refractivity contribution in [2.75, 3.05) is 20.2 Å². The Morgan fingerprint density at radius 3 is 2.56 bits per heavy atom. The third-order valence-electron chi connectivity index (χ3n) is 3.54. The summed E-state index contributed by atoms with van der Waals surface area (Å²) in [5, 5.41) is 3.86. The van der Waals surface area contributed by atoms with Gasteiger partial charge in [-0.15, -0.1) is 0 Å². The molecule has 1 aromatic carbocycles. The van der Waals surface area contributed by atoms with E-state index in [0.717, 1.165) is 5.39 Å². The van der Waals surface area contributed by atoms with E-state index in [-0.39, 0.29) is 18.0 Å². The average Bonchev–Trinajstić information content (AvgIpc) is 2.56. The van der Waals surface area contributed by atoms with Gasteiger partial charge in [0.2, 0.25) is 5.91 Å². The minimum atomic E-state index is -0.632. The van der Waals surface area contributed by atoms with Crippen LogP contribution >= 0.6 is 11.6 Å². The zero-order valence-electron chi connectivity index (χ0n) is 15.7. The number of amides is 2. The minimum Gasteiger partial charge on any atom is -0.452 e. The van der Waals surface area contributed by atoms with E-state index in [9.17, 15) is 14.4 Å². The molecule has 7 nitrogen and oxygen atoms in total. The molecule has 8 heteroatoms. The van der Waals surface area contributed by atoms with Crippen LogP contribution in [0.2, 0.25) is 5.15 Å². The smallest absolute Gasteiger partial charge is 0.338 e. The monoisotopic (exact) mass is 391 g/mol. The van der Waals surface area contributed by atoms with Crippen LogP contribution in [0, 0.1) is 0 Å². The van der Waals surface area contributed by atoms with Crippen molar-refractivity contribution in [3.63, 3.8) is 0 Å². The number of benzene rings is 1.